The topological polar surface area (TPSA) is 55.4 Å². The Balaban J connectivity index is 1.66. The van der Waals surface area contributed by atoms with Crippen molar-refractivity contribution in [3.8, 4) is 0 Å². The quantitative estimate of drug-likeness (QED) is 0.860. The average Bonchev–Trinajstić information content (AvgIpc) is 2.83. The van der Waals surface area contributed by atoms with E-state index in [2.05, 4.69) is 26.1 Å². The molecule has 0 saturated carbocycles. The number of ether oxygens (including phenoxy) is 1. The predicted octanol–water partition coefficient (Wildman–Crippen LogP) is 4.22. The van der Waals surface area contributed by atoms with Crippen molar-refractivity contribution in [2.75, 3.05) is 5.32 Å². The molecule has 2 aromatic carbocycles. The number of carbonyl (C=O) groups excluding carboxylic acids is 2. The van der Waals surface area contributed by atoms with Crippen LogP contribution in [0.1, 0.15) is 54.8 Å². The normalized spacial score (nSPS) is 16.5. The minimum Gasteiger partial charge on any atom is -0.453 e. The van der Waals surface area contributed by atoms with Crippen LogP contribution in [0.4, 0.5) is 5.69 Å². The number of fused-ring (bicyclic) bond motifs is 1. The van der Waals surface area contributed by atoms with Crippen molar-refractivity contribution in [1.82, 2.24) is 0 Å². The van der Waals surface area contributed by atoms with E-state index in [4.69, 9.17) is 4.74 Å². The summed E-state index contributed by atoms with van der Waals surface area (Å²) in [7, 11) is 0. The maximum Gasteiger partial charge on any atom is 0.339 e. The summed E-state index contributed by atoms with van der Waals surface area (Å²) in [6.07, 6.45) is -0.397. The monoisotopic (exact) mass is 323 g/mol. The van der Waals surface area contributed by atoms with Gasteiger partial charge in [0.05, 0.1) is 12.0 Å². The first kappa shape index (κ1) is 16.2. The maximum atomic E-state index is 12.3. The second kappa shape index (κ2) is 6.11. The van der Waals surface area contributed by atoms with E-state index in [1.54, 1.807) is 12.1 Å². The standard InChI is InChI=1S/C20H21NO3/c1-20(2,3)13-8-10-14(11-9-13)21-18(22)12-17-15-6-4-5-7-16(15)19(23)24-17/h4-11,17H,12H2,1-3H3,(H,21,22)/t17-/m0/s1. The highest BCUT2D eigenvalue weighted by Gasteiger charge is 2.32. The van der Waals surface area contributed by atoms with E-state index >= 15 is 0 Å². The lowest BCUT2D eigenvalue weighted by molar-refractivity contribution is -0.118. The van der Waals surface area contributed by atoms with Crippen LogP contribution in [0.3, 0.4) is 0 Å². The lowest BCUT2D eigenvalue weighted by Gasteiger charge is -2.19. The van der Waals surface area contributed by atoms with Gasteiger partial charge in [-0.25, -0.2) is 4.79 Å². The summed E-state index contributed by atoms with van der Waals surface area (Å²) in [6, 6.07) is 15.0. The van der Waals surface area contributed by atoms with E-state index in [1.165, 1.54) is 5.56 Å². The number of benzene rings is 2. The highest BCUT2D eigenvalue weighted by molar-refractivity contribution is 5.96. The highest BCUT2D eigenvalue weighted by atomic mass is 16.5. The molecule has 4 nitrogen and oxygen atoms in total. The third-order valence-electron chi connectivity index (χ3n) is 4.18. The van der Waals surface area contributed by atoms with Crippen LogP contribution < -0.4 is 5.32 Å². The zero-order valence-corrected chi connectivity index (χ0v) is 14.1. The highest BCUT2D eigenvalue weighted by Crippen LogP contribution is 2.33. The van der Waals surface area contributed by atoms with E-state index in [1.807, 2.05) is 36.4 Å². The Hall–Kier alpha value is -2.62. The zero-order chi connectivity index (χ0) is 17.3. The molecule has 0 unspecified atom stereocenters. The second-order valence-electron chi connectivity index (χ2n) is 7.06. The Morgan fingerprint density at radius 3 is 2.42 bits per heavy atom. The van der Waals surface area contributed by atoms with Gasteiger partial charge in [0, 0.05) is 11.3 Å². The number of esters is 1. The number of rotatable bonds is 3. The molecule has 124 valence electrons. The number of amides is 1. The first-order valence-electron chi connectivity index (χ1n) is 8.05. The first-order chi connectivity index (χ1) is 11.3. The smallest absolute Gasteiger partial charge is 0.339 e. The van der Waals surface area contributed by atoms with Crippen LogP contribution >= 0.6 is 0 Å². The maximum absolute atomic E-state index is 12.3. The molecular weight excluding hydrogens is 302 g/mol. The molecule has 0 aliphatic carbocycles. The van der Waals surface area contributed by atoms with Gasteiger partial charge in [0.25, 0.3) is 0 Å². The molecule has 1 amide bonds. The molecule has 1 aliphatic heterocycles. The Morgan fingerprint density at radius 2 is 1.75 bits per heavy atom. The summed E-state index contributed by atoms with van der Waals surface area (Å²) in [6.45, 7) is 6.44. The number of hydrogen-bond donors (Lipinski definition) is 1. The SMILES string of the molecule is CC(C)(C)c1ccc(NC(=O)C[C@@H]2OC(=O)c3ccccc32)cc1. The summed E-state index contributed by atoms with van der Waals surface area (Å²) >= 11 is 0. The van der Waals surface area contributed by atoms with Gasteiger partial charge >= 0.3 is 5.97 Å². The van der Waals surface area contributed by atoms with E-state index in [0.29, 0.717) is 5.56 Å². The Labute approximate surface area is 141 Å². The van der Waals surface area contributed by atoms with E-state index < -0.39 is 6.10 Å². The lowest BCUT2D eigenvalue weighted by atomic mass is 9.87. The molecule has 1 aliphatic rings. The van der Waals surface area contributed by atoms with E-state index in [0.717, 1.165) is 11.3 Å². The van der Waals surface area contributed by atoms with Gasteiger partial charge in [0.15, 0.2) is 0 Å². The van der Waals surface area contributed by atoms with Crippen LogP contribution in [0, 0.1) is 0 Å². The van der Waals surface area contributed by atoms with Crippen LogP contribution in [-0.4, -0.2) is 11.9 Å². The Bertz CT molecular complexity index is 772. The molecule has 1 atom stereocenters. The Kier molecular flexibility index (Phi) is 4.14. The molecule has 0 radical (unpaired) electrons. The molecule has 2 aromatic rings. The van der Waals surface area contributed by atoms with Gasteiger partial charge < -0.3 is 10.1 Å². The van der Waals surface area contributed by atoms with Crippen molar-refractivity contribution in [2.45, 2.75) is 38.7 Å². The van der Waals surface area contributed by atoms with Gasteiger partial charge in [-0.1, -0.05) is 51.1 Å². The molecule has 0 bridgehead atoms. The van der Waals surface area contributed by atoms with Gasteiger partial charge in [-0.15, -0.1) is 0 Å². The summed E-state index contributed by atoms with van der Waals surface area (Å²) < 4.78 is 5.30. The van der Waals surface area contributed by atoms with Gasteiger partial charge in [0.2, 0.25) is 5.91 Å². The van der Waals surface area contributed by atoms with Crippen LogP contribution in [0.2, 0.25) is 0 Å². The van der Waals surface area contributed by atoms with Crippen LogP contribution in [0.15, 0.2) is 48.5 Å². The number of hydrogen-bond acceptors (Lipinski definition) is 3. The zero-order valence-electron chi connectivity index (χ0n) is 14.1. The molecule has 1 heterocycles. The largest absolute Gasteiger partial charge is 0.453 e. The molecule has 3 rings (SSSR count). The molecule has 0 spiro atoms. The van der Waals surface area contributed by atoms with Crippen LogP contribution in [-0.2, 0) is 14.9 Å². The summed E-state index contributed by atoms with van der Waals surface area (Å²) in [5.74, 6) is -0.536. The van der Waals surface area contributed by atoms with Crippen molar-refractivity contribution < 1.29 is 14.3 Å². The van der Waals surface area contributed by atoms with Crippen molar-refractivity contribution in [3.05, 3.63) is 65.2 Å². The summed E-state index contributed by atoms with van der Waals surface area (Å²) in [5.41, 5.74) is 3.35. The third kappa shape index (κ3) is 3.32. The minimum atomic E-state index is -0.512. The third-order valence-corrected chi connectivity index (χ3v) is 4.18. The van der Waals surface area contributed by atoms with Gasteiger partial charge in [-0.2, -0.15) is 0 Å². The molecule has 0 aromatic heterocycles. The first-order valence-corrected chi connectivity index (χ1v) is 8.05. The molecule has 24 heavy (non-hydrogen) atoms. The summed E-state index contributed by atoms with van der Waals surface area (Å²) in [5, 5.41) is 2.86. The minimum absolute atomic E-state index is 0.0737. The average molecular weight is 323 g/mol. The van der Waals surface area contributed by atoms with E-state index in [9.17, 15) is 9.59 Å². The van der Waals surface area contributed by atoms with Crippen molar-refractivity contribution >= 4 is 17.6 Å². The Morgan fingerprint density at radius 1 is 1.08 bits per heavy atom. The van der Waals surface area contributed by atoms with Crippen molar-refractivity contribution in [2.24, 2.45) is 0 Å². The van der Waals surface area contributed by atoms with Crippen LogP contribution in [0.5, 0.6) is 0 Å². The predicted molar refractivity (Wildman–Crippen MR) is 93.0 cm³/mol. The van der Waals surface area contributed by atoms with Gasteiger partial charge in [-0.3, -0.25) is 4.79 Å². The van der Waals surface area contributed by atoms with Crippen molar-refractivity contribution in [3.63, 3.8) is 0 Å². The molecule has 4 heteroatoms. The van der Waals surface area contributed by atoms with Gasteiger partial charge in [0.1, 0.15) is 6.10 Å². The lowest BCUT2D eigenvalue weighted by Crippen LogP contribution is -2.16. The van der Waals surface area contributed by atoms with Crippen molar-refractivity contribution in [1.29, 1.82) is 0 Å². The summed E-state index contributed by atoms with van der Waals surface area (Å²) in [4.78, 5) is 24.1. The molecule has 0 fully saturated rings. The van der Waals surface area contributed by atoms with E-state index in [-0.39, 0.29) is 23.7 Å². The molecular formula is C20H21NO3. The fraction of sp³-hybridized carbons (Fsp3) is 0.300. The van der Waals surface area contributed by atoms with Gasteiger partial charge in [-0.05, 0) is 29.2 Å². The number of anilines is 1. The number of nitrogens with one attached hydrogen (secondary N) is 1. The van der Waals surface area contributed by atoms with Crippen LogP contribution in [0.25, 0.3) is 0 Å². The fourth-order valence-electron chi connectivity index (χ4n) is 2.81. The molecule has 1 N–H and O–H groups in total. The second-order valence-corrected chi connectivity index (χ2v) is 7.06. The number of cyclic esters (lactones) is 1. The fourth-order valence-corrected chi connectivity index (χ4v) is 2.81. The number of carbonyl (C=O) groups is 2. The molecule has 0 saturated heterocycles.